The predicted molar refractivity (Wildman–Crippen MR) is 180 cm³/mol. The molecule has 0 spiro atoms. The number of Topliss-reactive ketones (excluding diaryl/α,β-unsaturated/α-hetero) is 1. The number of allylic oxidation sites excluding steroid dienone is 4. The first-order chi connectivity index (χ1) is 26.2. The summed E-state index contributed by atoms with van der Waals surface area (Å²) in [6.45, 7) is 3.42. The fourth-order valence-corrected chi connectivity index (χ4v) is 10.2. The number of aliphatic hydroxyl groups is 2. The first-order valence-electron chi connectivity index (χ1n) is 18.3. The van der Waals surface area contributed by atoms with Gasteiger partial charge in [0.1, 0.15) is 38.3 Å². The van der Waals surface area contributed by atoms with Crippen LogP contribution in [0.5, 0.6) is 0 Å². The molecule has 3 saturated carbocycles. The number of hydrogen-bond donors (Lipinski definition) is 3. The van der Waals surface area contributed by atoms with Gasteiger partial charge >= 0.3 is 17.6 Å². The van der Waals surface area contributed by atoms with Gasteiger partial charge in [0, 0.05) is 23.2 Å². The van der Waals surface area contributed by atoms with Crippen molar-refractivity contribution in [2.45, 2.75) is 107 Å². The van der Waals surface area contributed by atoms with Crippen LogP contribution in [-0.2, 0) is 47.6 Å². The van der Waals surface area contributed by atoms with Crippen molar-refractivity contribution in [2.75, 3.05) is 26.4 Å². The van der Waals surface area contributed by atoms with E-state index in [0.717, 1.165) is 10.6 Å². The van der Waals surface area contributed by atoms with Gasteiger partial charge in [0.25, 0.3) is 5.56 Å². The fourth-order valence-electron chi connectivity index (χ4n) is 10.2. The number of nitrogens with one attached hydrogen (secondary N) is 1. The van der Waals surface area contributed by atoms with Gasteiger partial charge in [-0.3, -0.25) is 23.9 Å². The summed E-state index contributed by atoms with van der Waals surface area (Å²) in [5.74, 6) is -7.62. The van der Waals surface area contributed by atoms with E-state index in [9.17, 15) is 43.4 Å². The van der Waals surface area contributed by atoms with Crippen LogP contribution >= 0.6 is 0 Å². The summed E-state index contributed by atoms with van der Waals surface area (Å²) < 4.78 is 81.3. The van der Waals surface area contributed by atoms with Crippen LogP contribution in [0.2, 0.25) is 0 Å². The molecular weight excluding hydrogens is 753 g/mol. The number of hydrogen-bond acceptors (Lipinski definition) is 14. The number of esters is 2. The molecule has 306 valence electrons. The number of aliphatic hydroxyl groups excluding tert-OH is 2. The van der Waals surface area contributed by atoms with Crippen molar-refractivity contribution < 1.29 is 71.0 Å². The standard InChI is InChI=1S/C37H43F3N2O14/c1-33(2)55-27-9-18-19-8-21(38)20-7-17(43)5-6-34(20,3)36(19,40)25(45)11-35(18,4)37(27,56-33)26(46)14-53-30(48)16-51-15-29(47)52-13-24-23(44)10-28(54-24)42-12-22(39)31(49)41-32(42)50/h5-7,12,18-19,21,23-25,27-28,44-45H,8-11,13-16H2,1-4H3,(H,41,49,50)/t18?,19?,21-,23?,24?,25-,27+,28?,34?,35?,36-,37+/m0/s1. The minimum atomic E-state index is -2.40. The number of ketones is 2. The Hall–Kier alpha value is -4.01. The largest absolute Gasteiger partial charge is 0.461 e. The van der Waals surface area contributed by atoms with Crippen LogP contribution in [0.15, 0.2) is 39.6 Å². The normalized spacial score (nSPS) is 40.6. The van der Waals surface area contributed by atoms with E-state index in [1.165, 1.54) is 19.1 Å². The quantitative estimate of drug-likeness (QED) is 0.280. The lowest BCUT2D eigenvalue weighted by Gasteiger charge is -2.63. The van der Waals surface area contributed by atoms with Gasteiger partial charge in [-0.25, -0.2) is 23.2 Å². The number of halogens is 3. The van der Waals surface area contributed by atoms with Crippen LogP contribution in [-0.4, -0.2) is 117 Å². The minimum Gasteiger partial charge on any atom is -0.461 e. The van der Waals surface area contributed by atoms with E-state index >= 15 is 8.78 Å². The Bertz CT molecular complexity index is 2020. The first kappa shape index (κ1) is 40.2. The molecule has 16 nitrogen and oxygen atoms in total. The van der Waals surface area contributed by atoms with Crippen LogP contribution in [0.25, 0.3) is 0 Å². The highest BCUT2D eigenvalue weighted by Crippen LogP contribution is 2.72. The number of carbonyl (C=O) groups is 4. The fraction of sp³-hybridized carbons (Fsp3) is 0.676. The second kappa shape index (κ2) is 13.8. The zero-order valence-corrected chi connectivity index (χ0v) is 31.0. The summed E-state index contributed by atoms with van der Waals surface area (Å²) in [4.78, 5) is 76.5. The van der Waals surface area contributed by atoms with Gasteiger partial charge < -0.3 is 38.6 Å². The van der Waals surface area contributed by atoms with Crippen molar-refractivity contribution in [1.29, 1.82) is 0 Å². The van der Waals surface area contributed by atoms with Crippen molar-refractivity contribution >= 4 is 23.5 Å². The van der Waals surface area contributed by atoms with E-state index < -0.39 is 144 Å². The maximum atomic E-state index is 17.6. The highest BCUT2D eigenvalue weighted by molar-refractivity contribution is 6.01. The summed E-state index contributed by atoms with van der Waals surface area (Å²) in [5.41, 5.74) is -9.41. The molecule has 5 fully saturated rings. The van der Waals surface area contributed by atoms with Crippen LogP contribution in [0.4, 0.5) is 13.2 Å². The topological polar surface area (TPSA) is 219 Å². The van der Waals surface area contributed by atoms with E-state index in [2.05, 4.69) is 0 Å². The average molecular weight is 797 g/mol. The smallest absolute Gasteiger partial charge is 0.332 e. The molecule has 19 heteroatoms. The Morgan fingerprint density at radius 3 is 2.41 bits per heavy atom. The number of rotatable bonds is 10. The number of aromatic amines is 1. The van der Waals surface area contributed by atoms with Crippen molar-refractivity contribution in [1.82, 2.24) is 9.55 Å². The average Bonchev–Trinajstić information content (AvgIpc) is 3.71. The van der Waals surface area contributed by atoms with Gasteiger partial charge in [0.2, 0.25) is 11.6 Å². The number of H-pyrrole nitrogens is 1. The molecule has 0 aromatic carbocycles. The maximum absolute atomic E-state index is 17.6. The van der Waals surface area contributed by atoms with E-state index in [-0.39, 0.29) is 31.3 Å². The summed E-state index contributed by atoms with van der Waals surface area (Å²) in [6.07, 6.45) is -4.42. The summed E-state index contributed by atoms with van der Waals surface area (Å²) in [5, 5.41) is 22.0. The van der Waals surface area contributed by atoms with Gasteiger partial charge in [0.15, 0.2) is 29.4 Å². The number of fused-ring (bicyclic) bond motifs is 7. The summed E-state index contributed by atoms with van der Waals surface area (Å²) >= 11 is 0. The molecule has 12 atom stereocenters. The molecular formula is C37H43F3N2O14. The van der Waals surface area contributed by atoms with Crippen molar-refractivity contribution in [3.05, 3.63) is 56.7 Å². The molecule has 0 radical (unpaired) electrons. The third kappa shape index (κ3) is 6.12. The second-order valence-electron chi connectivity index (χ2n) is 16.3. The molecule has 3 heterocycles. The molecule has 7 unspecified atom stereocenters. The monoisotopic (exact) mass is 796 g/mol. The second-order valence-corrected chi connectivity index (χ2v) is 16.3. The van der Waals surface area contributed by atoms with E-state index in [0.29, 0.717) is 6.20 Å². The molecule has 0 amide bonds. The van der Waals surface area contributed by atoms with Gasteiger partial charge in [-0.1, -0.05) is 13.0 Å². The summed E-state index contributed by atoms with van der Waals surface area (Å²) in [7, 11) is 0. The zero-order valence-electron chi connectivity index (χ0n) is 31.0. The Morgan fingerprint density at radius 1 is 1.00 bits per heavy atom. The van der Waals surface area contributed by atoms with Crippen LogP contribution in [0, 0.1) is 28.5 Å². The van der Waals surface area contributed by atoms with Crippen LogP contribution < -0.4 is 11.2 Å². The number of nitrogens with zero attached hydrogens (tertiary/aromatic N) is 1. The maximum Gasteiger partial charge on any atom is 0.332 e. The highest BCUT2D eigenvalue weighted by atomic mass is 19.1. The Balaban J connectivity index is 0.957. The summed E-state index contributed by atoms with van der Waals surface area (Å²) in [6, 6.07) is 0. The van der Waals surface area contributed by atoms with E-state index in [1.807, 2.05) is 0 Å². The molecule has 2 saturated heterocycles. The molecule has 1 aromatic rings. The Kier molecular flexibility index (Phi) is 9.93. The van der Waals surface area contributed by atoms with Crippen molar-refractivity contribution in [3.8, 4) is 0 Å². The highest BCUT2D eigenvalue weighted by Gasteiger charge is 2.80. The molecule has 56 heavy (non-hydrogen) atoms. The number of alkyl halides is 2. The number of carbonyl (C=O) groups excluding carboxylic acids is 4. The van der Waals surface area contributed by atoms with Gasteiger partial charge in [-0.05, 0) is 63.7 Å². The minimum absolute atomic E-state index is 0.0387. The first-order valence-corrected chi connectivity index (χ1v) is 18.3. The zero-order chi connectivity index (χ0) is 40.7. The molecule has 0 bridgehead atoms. The van der Waals surface area contributed by atoms with Crippen molar-refractivity contribution in [3.63, 3.8) is 0 Å². The molecule has 1 aromatic heterocycles. The Labute approximate surface area is 316 Å². The molecule has 6 aliphatic rings. The lowest BCUT2D eigenvalue weighted by atomic mass is 9.44. The van der Waals surface area contributed by atoms with Gasteiger partial charge in [-0.2, -0.15) is 4.39 Å². The van der Waals surface area contributed by atoms with Crippen LogP contribution in [0.3, 0.4) is 0 Å². The van der Waals surface area contributed by atoms with E-state index in [4.69, 9.17) is 28.4 Å². The molecule has 4 aliphatic carbocycles. The van der Waals surface area contributed by atoms with Gasteiger partial charge in [0.05, 0.1) is 24.5 Å². The number of aromatic nitrogens is 2. The molecule has 7 rings (SSSR count). The lowest BCUT2D eigenvalue weighted by Crippen LogP contribution is -2.71. The third-order valence-corrected chi connectivity index (χ3v) is 12.7. The van der Waals surface area contributed by atoms with Crippen molar-refractivity contribution in [2.24, 2.45) is 22.7 Å². The lowest BCUT2D eigenvalue weighted by molar-refractivity contribution is -0.249. The van der Waals surface area contributed by atoms with Crippen LogP contribution in [0.1, 0.15) is 59.6 Å². The molecule has 3 N–H and O–H groups in total. The Morgan fingerprint density at radius 2 is 1.70 bits per heavy atom. The SMILES string of the molecule is CC1(C)O[C@@H]2CC3C4C[C@H](F)C5=CC(=O)C=CC5(C)[C@@]4(F)[C@@H](O)CC3(C)[C@]2(C(=O)COC(=O)COCC(=O)OCC2OC(n3cc(F)c(=O)[nH]c3=O)CC2O)O1. The van der Waals surface area contributed by atoms with Gasteiger partial charge in [-0.15, -0.1) is 0 Å². The number of ether oxygens (including phenoxy) is 6. The third-order valence-electron chi connectivity index (χ3n) is 12.7. The molecule has 2 aliphatic heterocycles. The van der Waals surface area contributed by atoms with E-state index in [1.54, 1.807) is 25.8 Å². The predicted octanol–water partition coefficient (Wildman–Crippen LogP) is 0.815.